The molecule has 1 aliphatic rings. The molecule has 19 heavy (non-hydrogen) atoms. The van der Waals surface area contributed by atoms with Crippen LogP contribution in [-0.2, 0) is 14.8 Å². The van der Waals surface area contributed by atoms with Crippen molar-refractivity contribution in [3.63, 3.8) is 0 Å². The van der Waals surface area contributed by atoms with Crippen LogP contribution < -0.4 is 21.3 Å². The van der Waals surface area contributed by atoms with Gasteiger partial charge < -0.3 is 10.7 Å². The van der Waals surface area contributed by atoms with Crippen molar-refractivity contribution >= 4 is 39.7 Å². The molecule has 2 rings (SSSR count). The molecule has 2 heterocycles. The van der Waals surface area contributed by atoms with Crippen molar-refractivity contribution in [3.8, 4) is 0 Å². The summed E-state index contributed by atoms with van der Waals surface area (Å²) in [7, 11) is -3.84. The SMILES string of the molecule is Nc1c(N2CC(S(N)(=O)=O)CC2=O)[nH]c(=S)[nH]c1=O. The number of nitrogens with zero attached hydrogens (tertiary/aromatic N) is 1. The number of hydrogen-bond acceptors (Lipinski definition) is 6. The number of nitrogens with two attached hydrogens (primary N) is 2. The number of aromatic amines is 2. The lowest BCUT2D eigenvalue weighted by Crippen LogP contribution is -2.33. The smallest absolute Gasteiger partial charge is 0.277 e. The van der Waals surface area contributed by atoms with Crippen molar-refractivity contribution in [1.82, 2.24) is 9.97 Å². The molecular weight excluding hydrogens is 294 g/mol. The van der Waals surface area contributed by atoms with E-state index in [1.54, 1.807) is 0 Å². The molecule has 0 saturated carbocycles. The summed E-state index contributed by atoms with van der Waals surface area (Å²) in [4.78, 5) is 29.1. The van der Waals surface area contributed by atoms with Gasteiger partial charge in [-0.05, 0) is 12.2 Å². The molecule has 1 fully saturated rings. The van der Waals surface area contributed by atoms with Gasteiger partial charge in [0.2, 0.25) is 15.9 Å². The van der Waals surface area contributed by atoms with Gasteiger partial charge in [0.05, 0.1) is 0 Å². The molecule has 104 valence electrons. The number of primary sulfonamides is 1. The minimum absolute atomic E-state index is 0.00935. The first-order chi connectivity index (χ1) is 8.70. The van der Waals surface area contributed by atoms with Gasteiger partial charge in [0, 0.05) is 13.0 Å². The number of amides is 1. The van der Waals surface area contributed by atoms with E-state index in [0.29, 0.717) is 0 Å². The van der Waals surface area contributed by atoms with Crippen LogP contribution in [0.4, 0.5) is 11.5 Å². The summed E-state index contributed by atoms with van der Waals surface area (Å²) >= 11 is 4.78. The second kappa shape index (κ2) is 4.43. The van der Waals surface area contributed by atoms with Crippen LogP contribution in [0.15, 0.2) is 4.79 Å². The molecule has 1 aliphatic heterocycles. The van der Waals surface area contributed by atoms with Gasteiger partial charge in [-0.3, -0.25) is 19.5 Å². The molecule has 0 aliphatic carbocycles. The normalized spacial score (nSPS) is 19.9. The Hall–Kier alpha value is -1.72. The third-order valence-electron chi connectivity index (χ3n) is 2.78. The largest absolute Gasteiger partial charge is 0.391 e. The fraction of sp³-hybridized carbons (Fsp3) is 0.375. The molecule has 1 atom stereocenters. The number of rotatable bonds is 2. The predicted octanol–water partition coefficient (Wildman–Crippen LogP) is -1.59. The van der Waals surface area contributed by atoms with Crippen molar-refractivity contribution in [2.75, 3.05) is 17.2 Å². The molecule has 0 radical (unpaired) electrons. The zero-order chi connectivity index (χ0) is 14.4. The fourth-order valence-corrected chi connectivity index (χ4v) is 2.73. The average molecular weight is 305 g/mol. The van der Waals surface area contributed by atoms with Crippen molar-refractivity contribution in [1.29, 1.82) is 0 Å². The molecular formula is C8H11N5O4S2. The van der Waals surface area contributed by atoms with E-state index in [9.17, 15) is 18.0 Å². The molecule has 1 aromatic rings. The van der Waals surface area contributed by atoms with E-state index >= 15 is 0 Å². The molecule has 6 N–H and O–H groups in total. The number of H-pyrrole nitrogens is 2. The maximum absolute atomic E-state index is 11.8. The Morgan fingerprint density at radius 2 is 1.95 bits per heavy atom. The Kier molecular flexibility index (Phi) is 3.20. The fourth-order valence-electron chi connectivity index (χ4n) is 1.81. The lowest BCUT2D eigenvalue weighted by molar-refractivity contribution is -0.117. The summed E-state index contributed by atoms with van der Waals surface area (Å²) < 4.78 is 22.5. The molecule has 1 aromatic heterocycles. The van der Waals surface area contributed by atoms with Gasteiger partial charge in [-0.1, -0.05) is 0 Å². The van der Waals surface area contributed by atoms with Gasteiger partial charge in [-0.15, -0.1) is 0 Å². The first-order valence-electron chi connectivity index (χ1n) is 5.14. The lowest BCUT2D eigenvalue weighted by atomic mass is 10.4. The van der Waals surface area contributed by atoms with E-state index in [0.717, 1.165) is 4.90 Å². The third kappa shape index (κ3) is 2.52. The van der Waals surface area contributed by atoms with Crippen LogP contribution in [0.2, 0.25) is 0 Å². The number of nitrogens with one attached hydrogen (secondary N) is 2. The molecule has 0 aromatic carbocycles. The van der Waals surface area contributed by atoms with Crippen LogP contribution in [0.5, 0.6) is 0 Å². The quantitative estimate of drug-likeness (QED) is 0.483. The highest BCUT2D eigenvalue weighted by molar-refractivity contribution is 7.89. The molecule has 11 heteroatoms. The van der Waals surface area contributed by atoms with Gasteiger partial charge in [0.15, 0.2) is 4.77 Å². The summed E-state index contributed by atoms with van der Waals surface area (Å²) in [5, 5.41) is 3.98. The number of carbonyl (C=O) groups excluding carboxylic acids is 1. The average Bonchev–Trinajstić information content (AvgIpc) is 2.65. The summed E-state index contributed by atoms with van der Waals surface area (Å²) in [6.45, 7) is -0.170. The zero-order valence-electron chi connectivity index (χ0n) is 9.54. The van der Waals surface area contributed by atoms with E-state index in [1.165, 1.54) is 0 Å². The monoisotopic (exact) mass is 305 g/mol. The second-order valence-electron chi connectivity index (χ2n) is 4.09. The van der Waals surface area contributed by atoms with Crippen molar-refractivity contribution in [3.05, 3.63) is 15.1 Å². The topological polar surface area (TPSA) is 155 Å². The Bertz CT molecular complexity index is 749. The maximum atomic E-state index is 11.8. The van der Waals surface area contributed by atoms with Crippen LogP contribution >= 0.6 is 12.2 Å². The molecule has 9 nitrogen and oxygen atoms in total. The van der Waals surface area contributed by atoms with Gasteiger partial charge in [0.25, 0.3) is 5.56 Å². The summed E-state index contributed by atoms with van der Waals surface area (Å²) in [5.74, 6) is -0.508. The standard InChI is InChI=1S/C8H11N5O4S2/c9-5-6(11-8(18)12-7(5)15)13-2-3(1-4(13)14)19(10,16)17/h3H,1-2,9H2,(H2,10,16,17)(H2,11,12,15,18). The molecule has 0 bridgehead atoms. The van der Waals surface area contributed by atoms with Crippen LogP contribution in [0.3, 0.4) is 0 Å². The first kappa shape index (κ1) is 13.7. The van der Waals surface area contributed by atoms with Crippen LogP contribution in [0.25, 0.3) is 0 Å². The summed E-state index contributed by atoms with van der Waals surface area (Å²) in [6, 6.07) is 0. The van der Waals surface area contributed by atoms with Crippen LogP contribution in [0.1, 0.15) is 6.42 Å². The number of nitrogen functional groups attached to an aromatic ring is 1. The van der Waals surface area contributed by atoms with Crippen LogP contribution in [0, 0.1) is 4.77 Å². The van der Waals surface area contributed by atoms with Gasteiger partial charge in [0.1, 0.15) is 16.8 Å². The van der Waals surface area contributed by atoms with E-state index in [2.05, 4.69) is 9.97 Å². The lowest BCUT2D eigenvalue weighted by Gasteiger charge is -2.17. The van der Waals surface area contributed by atoms with E-state index in [1.807, 2.05) is 0 Å². The number of carbonyl (C=O) groups is 1. The van der Waals surface area contributed by atoms with Gasteiger partial charge in [-0.25, -0.2) is 13.6 Å². The number of sulfonamides is 1. The van der Waals surface area contributed by atoms with E-state index < -0.39 is 26.7 Å². The Morgan fingerprint density at radius 1 is 1.32 bits per heavy atom. The van der Waals surface area contributed by atoms with Gasteiger partial charge >= 0.3 is 0 Å². The van der Waals surface area contributed by atoms with Crippen LogP contribution in [-0.4, -0.2) is 36.1 Å². The molecule has 1 amide bonds. The van der Waals surface area contributed by atoms with Crippen molar-refractivity contribution < 1.29 is 13.2 Å². The highest BCUT2D eigenvalue weighted by Gasteiger charge is 2.38. The number of hydrogen-bond donors (Lipinski definition) is 4. The third-order valence-corrected chi connectivity index (χ3v) is 4.23. The summed E-state index contributed by atoms with van der Waals surface area (Å²) in [5.41, 5.74) is 4.67. The predicted molar refractivity (Wildman–Crippen MR) is 70.5 cm³/mol. The van der Waals surface area contributed by atoms with Crippen molar-refractivity contribution in [2.45, 2.75) is 11.7 Å². The Morgan fingerprint density at radius 3 is 2.47 bits per heavy atom. The minimum atomic E-state index is -3.84. The number of aromatic nitrogens is 2. The zero-order valence-corrected chi connectivity index (χ0v) is 11.2. The Balaban J connectivity index is 2.47. The van der Waals surface area contributed by atoms with E-state index in [4.69, 9.17) is 23.1 Å². The van der Waals surface area contributed by atoms with E-state index in [-0.39, 0.29) is 29.2 Å². The first-order valence-corrected chi connectivity index (χ1v) is 7.16. The molecule has 0 spiro atoms. The molecule has 1 saturated heterocycles. The highest BCUT2D eigenvalue weighted by Crippen LogP contribution is 2.24. The maximum Gasteiger partial charge on any atom is 0.277 e. The number of anilines is 2. The minimum Gasteiger partial charge on any atom is -0.391 e. The highest BCUT2D eigenvalue weighted by atomic mass is 32.2. The Labute approximate surface area is 112 Å². The molecule has 1 unspecified atom stereocenters. The van der Waals surface area contributed by atoms with Gasteiger partial charge in [-0.2, -0.15) is 0 Å². The van der Waals surface area contributed by atoms with Crippen molar-refractivity contribution in [2.24, 2.45) is 5.14 Å². The summed E-state index contributed by atoms with van der Waals surface area (Å²) in [6.07, 6.45) is -0.258. The second-order valence-corrected chi connectivity index (χ2v) is 6.34.